The highest BCUT2D eigenvalue weighted by molar-refractivity contribution is 5.78. The average molecular weight is 236 g/mol. The zero-order valence-corrected chi connectivity index (χ0v) is 9.90. The van der Waals surface area contributed by atoms with E-state index >= 15 is 0 Å². The molecular weight excluding hydrogens is 219 g/mol. The molecule has 4 heteroatoms. The SMILES string of the molecule is C[C@H]1C[C@H](c2ccc(F)cc2)CN1C(=O)CN. The molecule has 1 aliphatic heterocycles. The van der Waals surface area contributed by atoms with Crippen LogP contribution in [-0.2, 0) is 4.79 Å². The van der Waals surface area contributed by atoms with Gasteiger partial charge in [0.15, 0.2) is 0 Å². The van der Waals surface area contributed by atoms with E-state index in [2.05, 4.69) is 0 Å². The zero-order valence-electron chi connectivity index (χ0n) is 9.90. The van der Waals surface area contributed by atoms with Gasteiger partial charge in [0.25, 0.3) is 0 Å². The van der Waals surface area contributed by atoms with Gasteiger partial charge in [0.05, 0.1) is 6.54 Å². The number of carbonyl (C=O) groups is 1. The monoisotopic (exact) mass is 236 g/mol. The van der Waals surface area contributed by atoms with Gasteiger partial charge in [-0.2, -0.15) is 0 Å². The minimum atomic E-state index is -0.227. The third kappa shape index (κ3) is 2.47. The summed E-state index contributed by atoms with van der Waals surface area (Å²) in [5, 5.41) is 0. The molecule has 1 fully saturated rings. The quantitative estimate of drug-likeness (QED) is 0.845. The molecule has 2 rings (SSSR count). The summed E-state index contributed by atoms with van der Waals surface area (Å²) in [6, 6.07) is 6.73. The number of nitrogens with zero attached hydrogens (tertiary/aromatic N) is 1. The van der Waals surface area contributed by atoms with Gasteiger partial charge in [0, 0.05) is 18.5 Å². The fraction of sp³-hybridized carbons (Fsp3) is 0.462. The van der Waals surface area contributed by atoms with Crippen LogP contribution in [0.3, 0.4) is 0 Å². The highest BCUT2D eigenvalue weighted by Gasteiger charge is 2.32. The first-order valence-corrected chi connectivity index (χ1v) is 5.87. The van der Waals surface area contributed by atoms with Gasteiger partial charge in [-0.05, 0) is 31.0 Å². The third-order valence-electron chi connectivity index (χ3n) is 3.41. The predicted octanol–water partition coefficient (Wildman–Crippen LogP) is 1.49. The van der Waals surface area contributed by atoms with E-state index in [4.69, 9.17) is 5.73 Å². The molecule has 1 aromatic rings. The Morgan fingerprint density at radius 1 is 1.47 bits per heavy atom. The Bertz CT molecular complexity index is 404. The topological polar surface area (TPSA) is 46.3 Å². The Labute approximate surface area is 100 Å². The Hall–Kier alpha value is -1.42. The summed E-state index contributed by atoms with van der Waals surface area (Å²) in [7, 11) is 0. The maximum absolute atomic E-state index is 12.8. The van der Waals surface area contributed by atoms with Crippen molar-refractivity contribution in [2.45, 2.75) is 25.3 Å². The number of amides is 1. The predicted molar refractivity (Wildman–Crippen MR) is 64.0 cm³/mol. The first-order chi connectivity index (χ1) is 8.11. The second-order valence-electron chi connectivity index (χ2n) is 4.58. The maximum Gasteiger partial charge on any atom is 0.236 e. The molecule has 1 aliphatic rings. The lowest BCUT2D eigenvalue weighted by molar-refractivity contribution is -0.130. The van der Waals surface area contributed by atoms with E-state index in [1.165, 1.54) is 12.1 Å². The molecule has 0 aliphatic carbocycles. The van der Waals surface area contributed by atoms with Gasteiger partial charge in [-0.15, -0.1) is 0 Å². The molecule has 1 aromatic carbocycles. The van der Waals surface area contributed by atoms with Crippen LogP contribution >= 0.6 is 0 Å². The Balaban J connectivity index is 2.10. The third-order valence-corrected chi connectivity index (χ3v) is 3.41. The fourth-order valence-electron chi connectivity index (χ4n) is 2.47. The second-order valence-corrected chi connectivity index (χ2v) is 4.58. The van der Waals surface area contributed by atoms with Crippen molar-refractivity contribution in [1.82, 2.24) is 4.90 Å². The van der Waals surface area contributed by atoms with E-state index in [-0.39, 0.29) is 24.3 Å². The molecule has 17 heavy (non-hydrogen) atoms. The van der Waals surface area contributed by atoms with E-state index in [1.807, 2.05) is 11.8 Å². The van der Waals surface area contributed by atoms with Gasteiger partial charge >= 0.3 is 0 Å². The molecule has 2 atom stereocenters. The zero-order chi connectivity index (χ0) is 12.4. The lowest BCUT2D eigenvalue weighted by atomic mass is 9.97. The van der Waals surface area contributed by atoms with Crippen molar-refractivity contribution in [3.05, 3.63) is 35.6 Å². The summed E-state index contributed by atoms with van der Waals surface area (Å²) in [6.07, 6.45) is 0.914. The van der Waals surface area contributed by atoms with Crippen LogP contribution < -0.4 is 5.73 Å². The average Bonchev–Trinajstić information content (AvgIpc) is 2.71. The van der Waals surface area contributed by atoms with Crippen LogP contribution in [0.15, 0.2) is 24.3 Å². The van der Waals surface area contributed by atoms with Crippen molar-refractivity contribution in [3.8, 4) is 0 Å². The van der Waals surface area contributed by atoms with Crippen molar-refractivity contribution in [1.29, 1.82) is 0 Å². The summed E-state index contributed by atoms with van der Waals surface area (Å²) in [4.78, 5) is 13.4. The number of carbonyl (C=O) groups excluding carboxylic acids is 1. The van der Waals surface area contributed by atoms with Crippen molar-refractivity contribution < 1.29 is 9.18 Å². The number of halogens is 1. The van der Waals surface area contributed by atoms with E-state index in [9.17, 15) is 9.18 Å². The molecule has 1 amide bonds. The van der Waals surface area contributed by atoms with Crippen LogP contribution in [0.1, 0.15) is 24.8 Å². The number of nitrogens with two attached hydrogens (primary N) is 1. The molecule has 0 unspecified atom stereocenters. The van der Waals surface area contributed by atoms with Crippen LogP contribution in [0.25, 0.3) is 0 Å². The van der Waals surface area contributed by atoms with E-state index in [1.54, 1.807) is 12.1 Å². The van der Waals surface area contributed by atoms with Crippen LogP contribution in [0.5, 0.6) is 0 Å². The van der Waals surface area contributed by atoms with E-state index in [0.717, 1.165) is 12.0 Å². The smallest absolute Gasteiger partial charge is 0.236 e. The van der Waals surface area contributed by atoms with Crippen molar-refractivity contribution >= 4 is 5.91 Å². The molecular formula is C13H17FN2O. The van der Waals surface area contributed by atoms with Gasteiger partial charge in [0.2, 0.25) is 5.91 Å². The minimum Gasteiger partial charge on any atom is -0.338 e. The highest BCUT2D eigenvalue weighted by Crippen LogP contribution is 2.31. The van der Waals surface area contributed by atoms with Crippen LogP contribution in [0.2, 0.25) is 0 Å². The molecule has 0 radical (unpaired) electrons. The first-order valence-electron chi connectivity index (χ1n) is 5.87. The van der Waals surface area contributed by atoms with Gasteiger partial charge in [-0.1, -0.05) is 12.1 Å². The van der Waals surface area contributed by atoms with Gasteiger partial charge in [0.1, 0.15) is 5.82 Å². The minimum absolute atomic E-state index is 0.0119. The lowest BCUT2D eigenvalue weighted by Gasteiger charge is -2.20. The molecule has 3 nitrogen and oxygen atoms in total. The number of hydrogen-bond acceptors (Lipinski definition) is 2. The first kappa shape index (κ1) is 12.0. The number of hydrogen-bond donors (Lipinski definition) is 1. The van der Waals surface area contributed by atoms with Gasteiger partial charge < -0.3 is 10.6 Å². The van der Waals surface area contributed by atoms with Crippen LogP contribution in [0, 0.1) is 5.82 Å². The van der Waals surface area contributed by atoms with Crippen molar-refractivity contribution in [3.63, 3.8) is 0 Å². The second kappa shape index (κ2) is 4.84. The molecule has 0 bridgehead atoms. The fourth-order valence-corrected chi connectivity index (χ4v) is 2.47. The van der Waals surface area contributed by atoms with Gasteiger partial charge in [-0.25, -0.2) is 4.39 Å². The maximum atomic E-state index is 12.8. The molecule has 0 spiro atoms. The van der Waals surface area contributed by atoms with E-state index in [0.29, 0.717) is 12.5 Å². The largest absolute Gasteiger partial charge is 0.338 e. The van der Waals surface area contributed by atoms with Gasteiger partial charge in [-0.3, -0.25) is 4.79 Å². The number of rotatable bonds is 2. The molecule has 2 N–H and O–H groups in total. The van der Waals surface area contributed by atoms with Crippen LogP contribution in [-0.4, -0.2) is 29.9 Å². The summed E-state index contributed by atoms with van der Waals surface area (Å²) in [6.45, 7) is 2.76. The van der Waals surface area contributed by atoms with E-state index < -0.39 is 0 Å². The summed E-state index contributed by atoms with van der Waals surface area (Å²) >= 11 is 0. The van der Waals surface area contributed by atoms with Crippen molar-refractivity contribution in [2.24, 2.45) is 5.73 Å². The lowest BCUT2D eigenvalue weighted by Crippen LogP contribution is -2.38. The Morgan fingerprint density at radius 2 is 2.12 bits per heavy atom. The van der Waals surface area contributed by atoms with Crippen molar-refractivity contribution in [2.75, 3.05) is 13.1 Å². The summed E-state index contributed by atoms with van der Waals surface area (Å²) < 4.78 is 12.8. The molecule has 1 heterocycles. The normalized spacial score (nSPS) is 24.1. The Morgan fingerprint density at radius 3 is 2.71 bits per heavy atom. The molecule has 1 saturated heterocycles. The molecule has 0 saturated carbocycles. The summed E-state index contributed by atoms with van der Waals surface area (Å²) in [5.41, 5.74) is 6.47. The summed E-state index contributed by atoms with van der Waals surface area (Å²) in [5.74, 6) is 0.0536. The number of benzene rings is 1. The number of likely N-dealkylation sites (tertiary alicyclic amines) is 1. The van der Waals surface area contributed by atoms with Crippen LogP contribution in [0.4, 0.5) is 4.39 Å². The molecule has 0 aromatic heterocycles. The Kier molecular flexibility index (Phi) is 3.43. The highest BCUT2D eigenvalue weighted by atomic mass is 19.1. The standard InChI is InChI=1S/C13H17FN2O/c1-9-6-11(8-16(9)13(17)7-15)10-2-4-12(14)5-3-10/h2-5,9,11H,6-8,15H2,1H3/t9-,11-/m0/s1. The molecule has 92 valence electrons.